The normalized spacial score (nSPS) is 12.8. The standard InChI is InChI=1S/C11H18N6OS/c1-3-4-5-19-11-13-9(12-7(2)6-18)8-10(14-11)16-17-15-8/h7,18H,3-6H2,1-2H3,(H2,12,13,14,15,16,17)/t7-/m1/s1. The SMILES string of the molecule is CCCCSc1nc(N[C@H](C)CO)c2n[nH]nc2n1. The van der Waals surface area contributed by atoms with Crippen LogP contribution in [0.5, 0.6) is 0 Å². The summed E-state index contributed by atoms with van der Waals surface area (Å²) < 4.78 is 0. The van der Waals surface area contributed by atoms with Crippen molar-refractivity contribution >= 4 is 28.7 Å². The Labute approximate surface area is 115 Å². The van der Waals surface area contributed by atoms with Crippen molar-refractivity contribution < 1.29 is 5.11 Å². The number of rotatable bonds is 7. The number of aliphatic hydroxyl groups excluding tert-OH is 1. The van der Waals surface area contributed by atoms with E-state index < -0.39 is 0 Å². The maximum absolute atomic E-state index is 9.11. The summed E-state index contributed by atoms with van der Waals surface area (Å²) in [6.45, 7) is 4.05. The molecule has 0 fully saturated rings. The molecule has 0 bridgehead atoms. The van der Waals surface area contributed by atoms with Gasteiger partial charge in [0.05, 0.1) is 6.61 Å². The maximum Gasteiger partial charge on any atom is 0.207 e. The highest BCUT2D eigenvalue weighted by atomic mass is 32.2. The molecule has 0 spiro atoms. The summed E-state index contributed by atoms with van der Waals surface area (Å²) in [6, 6.07) is -0.0942. The first-order chi connectivity index (χ1) is 9.24. The van der Waals surface area contributed by atoms with Crippen LogP contribution in [-0.4, -0.2) is 48.9 Å². The number of hydrogen-bond acceptors (Lipinski definition) is 7. The zero-order valence-corrected chi connectivity index (χ0v) is 11.9. The zero-order valence-electron chi connectivity index (χ0n) is 11.1. The van der Waals surface area contributed by atoms with E-state index in [0.717, 1.165) is 18.6 Å². The average Bonchev–Trinajstić information content (AvgIpc) is 2.87. The minimum Gasteiger partial charge on any atom is -0.394 e. The van der Waals surface area contributed by atoms with E-state index in [-0.39, 0.29) is 12.6 Å². The van der Waals surface area contributed by atoms with E-state index in [1.807, 2.05) is 6.92 Å². The largest absolute Gasteiger partial charge is 0.394 e. The fraction of sp³-hybridized carbons (Fsp3) is 0.636. The fourth-order valence-corrected chi connectivity index (χ4v) is 2.40. The second kappa shape index (κ2) is 6.67. The summed E-state index contributed by atoms with van der Waals surface area (Å²) in [5.74, 6) is 1.59. The first-order valence-corrected chi connectivity index (χ1v) is 7.31. The van der Waals surface area contributed by atoms with Crippen LogP contribution >= 0.6 is 11.8 Å². The molecule has 0 aliphatic rings. The Bertz CT molecular complexity index is 531. The van der Waals surface area contributed by atoms with E-state index in [4.69, 9.17) is 5.11 Å². The molecule has 0 radical (unpaired) electrons. The Morgan fingerprint density at radius 3 is 2.95 bits per heavy atom. The predicted octanol–water partition coefficient (Wildman–Crippen LogP) is 1.43. The van der Waals surface area contributed by atoms with Crippen molar-refractivity contribution in [2.45, 2.75) is 37.9 Å². The number of fused-ring (bicyclic) bond motifs is 1. The van der Waals surface area contributed by atoms with Crippen LogP contribution < -0.4 is 5.32 Å². The van der Waals surface area contributed by atoms with Crippen LogP contribution in [0.15, 0.2) is 5.16 Å². The minimum atomic E-state index is -0.0942. The molecule has 3 N–H and O–H groups in total. The van der Waals surface area contributed by atoms with Crippen molar-refractivity contribution in [3.05, 3.63) is 0 Å². The molecule has 0 saturated carbocycles. The van der Waals surface area contributed by atoms with Crippen molar-refractivity contribution in [3.63, 3.8) is 0 Å². The number of nitrogens with zero attached hydrogens (tertiary/aromatic N) is 4. The lowest BCUT2D eigenvalue weighted by Gasteiger charge is -2.11. The van der Waals surface area contributed by atoms with Gasteiger partial charge in [-0.05, 0) is 13.3 Å². The van der Waals surface area contributed by atoms with Gasteiger partial charge in [-0.2, -0.15) is 15.3 Å². The van der Waals surface area contributed by atoms with Crippen molar-refractivity contribution in [2.24, 2.45) is 0 Å². The van der Waals surface area contributed by atoms with E-state index in [0.29, 0.717) is 22.1 Å². The summed E-state index contributed by atoms with van der Waals surface area (Å²) in [4.78, 5) is 8.79. The molecule has 8 heteroatoms. The van der Waals surface area contributed by atoms with Crippen molar-refractivity contribution in [3.8, 4) is 0 Å². The van der Waals surface area contributed by atoms with E-state index >= 15 is 0 Å². The Morgan fingerprint density at radius 2 is 2.21 bits per heavy atom. The number of H-pyrrole nitrogens is 1. The van der Waals surface area contributed by atoms with Gasteiger partial charge in [0.25, 0.3) is 0 Å². The fourth-order valence-electron chi connectivity index (χ4n) is 1.48. The predicted molar refractivity (Wildman–Crippen MR) is 75.3 cm³/mol. The number of hydrogen-bond donors (Lipinski definition) is 3. The quantitative estimate of drug-likeness (QED) is 0.401. The van der Waals surface area contributed by atoms with Gasteiger partial charge in [-0.25, -0.2) is 4.98 Å². The third-order valence-electron chi connectivity index (χ3n) is 2.55. The molecule has 0 aliphatic carbocycles. The van der Waals surface area contributed by atoms with Gasteiger partial charge < -0.3 is 10.4 Å². The molecule has 0 amide bonds. The van der Waals surface area contributed by atoms with E-state index in [2.05, 4.69) is 37.6 Å². The Kier molecular flexibility index (Phi) is 4.92. The Balaban J connectivity index is 2.23. The van der Waals surface area contributed by atoms with Crippen LogP contribution in [0.25, 0.3) is 11.2 Å². The lowest BCUT2D eigenvalue weighted by molar-refractivity contribution is 0.281. The molecule has 2 aromatic heterocycles. The molecule has 0 aliphatic heterocycles. The van der Waals surface area contributed by atoms with Crippen LogP contribution in [0.3, 0.4) is 0 Å². The third-order valence-corrected chi connectivity index (χ3v) is 3.48. The highest BCUT2D eigenvalue weighted by molar-refractivity contribution is 7.99. The van der Waals surface area contributed by atoms with Gasteiger partial charge in [-0.3, -0.25) is 0 Å². The molecule has 2 aromatic rings. The molecule has 1 atom stereocenters. The second-order valence-electron chi connectivity index (χ2n) is 4.28. The summed E-state index contributed by atoms with van der Waals surface area (Å²) >= 11 is 1.61. The van der Waals surface area contributed by atoms with Gasteiger partial charge in [0.2, 0.25) is 5.65 Å². The molecule has 7 nitrogen and oxygen atoms in total. The molecular weight excluding hydrogens is 264 g/mol. The monoisotopic (exact) mass is 282 g/mol. The number of anilines is 1. The van der Waals surface area contributed by atoms with Crippen molar-refractivity contribution in [1.82, 2.24) is 25.4 Å². The van der Waals surface area contributed by atoms with Crippen molar-refractivity contribution in [2.75, 3.05) is 17.7 Å². The lowest BCUT2D eigenvalue weighted by atomic mass is 10.3. The number of aromatic amines is 1. The first kappa shape index (κ1) is 14.0. The van der Waals surface area contributed by atoms with Gasteiger partial charge in [-0.1, -0.05) is 25.1 Å². The van der Waals surface area contributed by atoms with Crippen LogP contribution in [0, 0.1) is 0 Å². The van der Waals surface area contributed by atoms with Crippen LogP contribution in [0.2, 0.25) is 0 Å². The Hall–Kier alpha value is -1.41. The van der Waals surface area contributed by atoms with Crippen molar-refractivity contribution in [1.29, 1.82) is 0 Å². The highest BCUT2D eigenvalue weighted by Gasteiger charge is 2.13. The molecule has 104 valence electrons. The molecule has 0 aromatic carbocycles. The Morgan fingerprint density at radius 1 is 1.37 bits per heavy atom. The number of aliphatic hydroxyl groups is 1. The lowest BCUT2D eigenvalue weighted by Crippen LogP contribution is -2.20. The molecular formula is C11H18N6OS. The van der Waals surface area contributed by atoms with Gasteiger partial charge in [0.15, 0.2) is 16.5 Å². The smallest absolute Gasteiger partial charge is 0.207 e. The number of nitrogens with one attached hydrogen (secondary N) is 2. The summed E-state index contributed by atoms with van der Waals surface area (Å²) in [5.41, 5.74) is 1.14. The zero-order chi connectivity index (χ0) is 13.7. The summed E-state index contributed by atoms with van der Waals surface area (Å²) in [7, 11) is 0. The first-order valence-electron chi connectivity index (χ1n) is 6.33. The van der Waals surface area contributed by atoms with Gasteiger partial charge in [0, 0.05) is 11.8 Å². The molecule has 0 unspecified atom stereocenters. The third kappa shape index (κ3) is 3.54. The van der Waals surface area contributed by atoms with Gasteiger partial charge in [0.1, 0.15) is 0 Å². The van der Waals surface area contributed by atoms with Crippen LogP contribution in [0.1, 0.15) is 26.7 Å². The minimum absolute atomic E-state index is 0.0294. The van der Waals surface area contributed by atoms with Crippen LogP contribution in [-0.2, 0) is 0 Å². The molecule has 0 saturated heterocycles. The summed E-state index contributed by atoms with van der Waals surface area (Å²) in [6.07, 6.45) is 2.27. The number of aromatic nitrogens is 5. The van der Waals surface area contributed by atoms with E-state index in [9.17, 15) is 0 Å². The summed E-state index contributed by atoms with van der Waals surface area (Å²) in [5, 5.41) is 23.5. The van der Waals surface area contributed by atoms with Gasteiger partial charge >= 0.3 is 0 Å². The van der Waals surface area contributed by atoms with E-state index in [1.54, 1.807) is 11.8 Å². The highest BCUT2D eigenvalue weighted by Crippen LogP contribution is 2.22. The second-order valence-corrected chi connectivity index (χ2v) is 5.34. The van der Waals surface area contributed by atoms with Gasteiger partial charge in [-0.15, -0.1) is 5.10 Å². The molecule has 2 rings (SSSR count). The molecule has 19 heavy (non-hydrogen) atoms. The average molecular weight is 282 g/mol. The van der Waals surface area contributed by atoms with Crippen LogP contribution in [0.4, 0.5) is 5.82 Å². The topological polar surface area (TPSA) is 99.6 Å². The molecule has 2 heterocycles. The maximum atomic E-state index is 9.11. The van der Waals surface area contributed by atoms with E-state index in [1.165, 1.54) is 0 Å². The number of unbranched alkanes of at least 4 members (excludes halogenated alkanes) is 1. The number of thioether (sulfide) groups is 1.